The lowest BCUT2D eigenvalue weighted by atomic mass is 10.2. The summed E-state index contributed by atoms with van der Waals surface area (Å²) in [6, 6.07) is 7.40. The number of nitrogens with zero attached hydrogens (tertiary/aromatic N) is 1. The van der Waals surface area contributed by atoms with Crippen LogP contribution in [0.1, 0.15) is 38.7 Å². The Balaban J connectivity index is 2.38. The maximum Gasteiger partial charge on any atom is 0.243 e. The van der Waals surface area contributed by atoms with Crippen molar-refractivity contribution in [3.8, 4) is 0 Å². The highest BCUT2D eigenvalue weighted by molar-refractivity contribution is 7.89. The topological polar surface area (TPSA) is 37.4 Å². The van der Waals surface area contributed by atoms with Gasteiger partial charge in [0.1, 0.15) is 0 Å². The number of rotatable bonds is 3. The normalized spacial score (nSPS) is 25.5. The standard InChI is InChI=1S/C14H21NO2S/c1-4-13-8-7-12(3)15(13)18(16,17)14-9-5-11(2)6-10-14/h5-6,9-10,12-13H,4,7-8H2,1-3H3/t12-,13?/m1/s1. The first-order valence-corrected chi connectivity index (χ1v) is 8.01. The van der Waals surface area contributed by atoms with Crippen LogP contribution in [0.5, 0.6) is 0 Å². The van der Waals surface area contributed by atoms with Gasteiger partial charge in [0, 0.05) is 12.1 Å². The van der Waals surface area contributed by atoms with Gasteiger partial charge < -0.3 is 0 Å². The largest absolute Gasteiger partial charge is 0.243 e. The Morgan fingerprint density at radius 2 is 1.83 bits per heavy atom. The van der Waals surface area contributed by atoms with Crippen molar-refractivity contribution < 1.29 is 8.42 Å². The van der Waals surface area contributed by atoms with Gasteiger partial charge in [-0.25, -0.2) is 8.42 Å². The number of aryl methyl sites for hydroxylation is 1. The molecule has 1 fully saturated rings. The fourth-order valence-corrected chi connectivity index (χ4v) is 4.65. The van der Waals surface area contributed by atoms with E-state index in [1.165, 1.54) is 0 Å². The maximum absolute atomic E-state index is 12.7. The molecule has 2 atom stereocenters. The first kappa shape index (κ1) is 13.6. The highest BCUT2D eigenvalue weighted by Crippen LogP contribution is 2.32. The summed E-state index contributed by atoms with van der Waals surface area (Å²) in [5.41, 5.74) is 1.08. The zero-order valence-corrected chi connectivity index (χ0v) is 12.1. The lowest BCUT2D eigenvalue weighted by Crippen LogP contribution is -2.39. The summed E-state index contributed by atoms with van der Waals surface area (Å²) in [4.78, 5) is 0.417. The van der Waals surface area contributed by atoms with Gasteiger partial charge in [0.25, 0.3) is 0 Å². The van der Waals surface area contributed by atoms with Gasteiger partial charge in [0.05, 0.1) is 4.90 Å². The molecular formula is C14H21NO2S. The summed E-state index contributed by atoms with van der Waals surface area (Å²) in [5.74, 6) is 0. The molecule has 0 N–H and O–H groups in total. The Morgan fingerprint density at radius 3 is 2.39 bits per heavy atom. The van der Waals surface area contributed by atoms with E-state index in [2.05, 4.69) is 6.92 Å². The van der Waals surface area contributed by atoms with Crippen molar-refractivity contribution in [1.82, 2.24) is 4.31 Å². The number of sulfonamides is 1. The summed E-state index contributed by atoms with van der Waals surface area (Å²) < 4.78 is 27.0. The summed E-state index contributed by atoms with van der Waals surface area (Å²) >= 11 is 0. The zero-order chi connectivity index (χ0) is 13.3. The molecule has 18 heavy (non-hydrogen) atoms. The Labute approximate surface area is 110 Å². The Morgan fingerprint density at radius 1 is 1.22 bits per heavy atom. The number of hydrogen-bond donors (Lipinski definition) is 0. The van der Waals surface area contributed by atoms with E-state index in [4.69, 9.17) is 0 Å². The van der Waals surface area contributed by atoms with Crippen molar-refractivity contribution in [2.45, 2.75) is 57.0 Å². The van der Waals surface area contributed by atoms with E-state index >= 15 is 0 Å². The van der Waals surface area contributed by atoms with Crippen LogP contribution < -0.4 is 0 Å². The second-order valence-electron chi connectivity index (χ2n) is 5.14. The summed E-state index contributed by atoms with van der Waals surface area (Å²) in [5, 5.41) is 0. The van der Waals surface area contributed by atoms with Crippen LogP contribution in [0.25, 0.3) is 0 Å². The van der Waals surface area contributed by atoms with E-state index in [-0.39, 0.29) is 12.1 Å². The third-order valence-electron chi connectivity index (χ3n) is 3.78. The van der Waals surface area contributed by atoms with Gasteiger partial charge in [-0.3, -0.25) is 0 Å². The van der Waals surface area contributed by atoms with Gasteiger partial charge in [0.15, 0.2) is 0 Å². The van der Waals surface area contributed by atoms with Gasteiger partial charge in [-0.2, -0.15) is 4.31 Å². The minimum absolute atomic E-state index is 0.112. The molecule has 0 spiro atoms. The van der Waals surface area contributed by atoms with Crippen molar-refractivity contribution in [3.05, 3.63) is 29.8 Å². The molecule has 1 unspecified atom stereocenters. The van der Waals surface area contributed by atoms with Crippen molar-refractivity contribution >= 4 is 10.0 Å². The molecule has 4 heteroatoms. The van der Waals surface area contributed by atoms with Gasteiger partial charge in [-0.15, -0.1) is 0 Å². The van der Waals surface area contributed by atoms with Gasteiger partial charge in [-0.1, -0.05) is 24.6 Å². The molecule has 1 aromatic carbocycles. The molecule has 0 bridgehead atoms. The van der Waals surface area contributed by atoms with Gasteiger partial charge in [0.2, 0.25) is 10.0 Å². The fourth-order valence-electron chi connectivity index (χ4n) is 2.70. The van der Waals surface area contributed by atoms with E-state index in [1.54, 1.807) is 16.4 Å². The summed E-state index contributed by atoms with van der Waals surface area (Å²) in [7, 11) is -3.33. The van der Waals surface area contributed by atoms with Crippen LogP contribution in [0.3, 0.4) is 0 Å². The first-order chi connectivity index (χ1) is 8.46. The van der Waals surface area contributed by atoms with Gasteiger partial charge >= 0.3 is 0 Å². The molecule has 0 radical (unpaired) electrons. The predicted octanol–water partition coefficient (Wildman–Crippen LogP) is 2.95. The Hall–Kier alpha value is -0.870. The average Bonchev–Trinajstić information content (AvgIpc) is 2.71. The second-order valence-corrected chi connectivity index (χ2v) is 6.98. The van der Waals surface area contributed by atoms with Crippen molar-refractivity contribution in [2.75, 3.05) is 0 Å². The van der Waals surface area contributed by atoms with Crippen LogP contribution >= 0.6 is 0 Å². The van der Waals surface area contributed by atoms with Crippen molar-refractivity contribution in [1.29, 1.82) is 0 Å². The fraction of sp³-hybridized carbons (Fsp3) is 0.571. The zero-order valence-electron chi connectivity index (χ0n) is 11.3. The molecule has 1 aliphatic rings. The SMILES string of the molecule is CCC1CC[C@@H](C)N1S(=O)(=O)c1ccc(C)cc1. The van der Waals surface area contributed by atoms with Crippen LogP contribution in [0.15, 0.2) is 29.2 Å². The molecule has 0 aromatic heterocycles. The van der Waals surface area contributed by atoms with Crippen molar-refractivity contribution in [3.63, 3.8) is 0 Å². The summed E-state index contributed by atoms with van der Waals surface area (Å²) in [6.07, 6.45) is 2.82. The molecule has 100 valence electrons. The van der Waals surface area contributed by atoms with Crippen LogP contribution in [0.4, 0.5) is 0 Å². The van der Waals surface area contributed by atoms with Crippen LogP contribution in [0.2, 0.25) is 0 Å². The van der Waals surface area contributed by atoms with E-state index in [9.17, 15) is 8.42 Å². The summed E-state index contributed by atoms with van der Waals surface area (Å²) in [6.45, 7) is 6.02. The van der Waals surface area contributed by atoms with Crippen LogP contribution in [0, 0.1) is 6.92 Å². The first-order valence-electron chi connectivity index (χ1n) is 6.57. The van der Waals surface area contributed by atoms with Crippen molar-refractivity contribution in [2.24, 2.45) is 0 Å². The minimum atomic E-state index is -3.33. The molecule has 0 aliphatic carbocycles. The average molecular weight is 267 g/mol. The molecule has 1 aliphatic heterocycles. The quantitative estimate of drug-likeness (QED) is 0.844. The Bertz CT molecular complexity index is 507. The maximum atomic E-state index is 12.7. The lowest BCUT2D eigenvalue weighted by Gasteiger charge is -2.27. The van der Waals surface area contributed by atoms with Crippen LogP contribution in [-0.2, 0) is 10.0 Å². The highest BCUT2D eigenvalue weighted by Gasteiger charge is 2.38. The third kappa shape index (κ3) is 2.31. The van der Waals surface area contributed by atoms with E-state index < -0.39 is 10.0 Å². The Kier molecular flexibility index (Phi) is 3.78. The lowest BCUT2D eigenvalue weighted by molar-refractivity contribution is 0.328. The second kappa shape index (κ2) is 5.02. The molecular weight excluding hydrogens is 246 g/mol. The minimum Gasteiger partial charge on any atom is -0.207 e. The van der Waals surface area contributed by atoms with Gasteiger partial charge in [-0.05, 0) is 45.2 Å². The third-order valence-corrected chi connectivity index (χ3v) is 5.86. The highest BCUT2D eigenvalue weighted by atomic mass is 32.2. The monoisotopic (exact) mass is 267 g/mol. The molecule has 1 heterocycles. The smallest absolute Gasteiger partial charge is 0.207 e. The van der Waals surface area contributed by atoms with E-state index in [1.807, 2.05) is 26.0 Å². The molecule has 1 aromatic rings. The molecule has 0 saturated carbocycles. The molecule has 1 saturated heterocycles. The number of benzene rings is 1. The van der Waals surface area contributed by atoms with E-state index in [0.717, 1.165) is 24.8 Å². The van der Waals surface area contributed by atoms with Crippen LogP contribution in [-0.4, -0.2) is 24.8 Å². The molecule has 3 nitrogen and oxygen atoms in total. The molecule has 0 amide bonds. The molecule has 2 rings (SSSR count). The predicted molar refractivity (Wildman–Crippen MR) is 73.0 cm³/mol. The van der Waals surface area contributed by atoms with E-state index in [0.29, 0.717) is 4.90 Å². The number of hydrogen-bond acceptors (Lipinski definition) is 2.